The van der Waals surface area contributed by atoms with Crippen molar-refractivity contribution in [1.29, 1.82) is 0 Å². The van der Waals surface area contributed by atoms with Gasteiger partial charge >= 0.3 is 0 Å². The van der Waals surface area contributed by atoms with E-state index >= 15 is 0 Å². The molecule has 2 aromatic rings. The van der Waals surface area contributed by atoms with Crippen molar-refractivity contribution in [2.75, 3.05) is 11.9 Å². The van der Waals surface area contributed by atoms with E-state index in [1.54, 1.807) is 30.5 Å². The van der Waals surface area contributed by atoms with E-state index in [1.807, 2.05) is 0 Å². The van der Waals surface area contributed by atoms with Crippen LogP contribution in [0.25, 0.3) is 0 Å². The first-order valence-electron chi connectivity index (χ1n) is 6.36. The third kappa shape index (κ3) is 4.71. The van der Waals surface area contributed by atoms with E-state index in [4.69, 9.17) is 5.73 Å². The first-order chi connectivity index (χ1) is 10.2. The van der Waals surface area contributed by atoms with Gasteiger partial charge in [-0.2, -0.15) is 0 Å². The van der Waals surface area contributed by atoms with E-state index in [-0.39, 0.29) is 24.7 Å². The van der Waals surface area contributed by atoms with Crippen molar-refractivity contribution in [3.63, 3.8) is 0 Å². The smallest absolute Gasteiger partial charge is 0.229 e. The average Bonchev–Trinajstić information content (AvgIpc) is 2.48. The molecule has 4 nitrogen and oxygen atoms in total. The largest absolute Gasteiger partial charge is 0.320 e. The number of carbonyl (C=O) groups is 1. The van der Waals surface area contributed by atoms with Crippen molar-refractivity contribution < 1.29 is 9.18 Å². The van der Waals surface area contributed by atoms with Crippen molar-refractivity contribution in [2.24, 2.45) is 5.73 Å². The van der Waals surface area contributed by atoms with Crippen molar-refractivity contribution in [3.8, 4) is 11.8 Å². The zero-order valence-corrected chi connectivity index (χ0v) is 11.3. The lowest BCUT2D eigenvalue weighted by Gasteiger charge is -2.05. The first-order valence-corrected chi connectivity index (χ1v) is 6.36. The van der Waals surface area contributed by atoms with Crippen LogP contribution in [0.4, 0.5) is 10.2 Å². The second-order valence-electron chi connectivity index (χ2n) is 4.29. The van der Waals surface area contributed by atoms with Gasteiger partial charge in [0.2, 0.25) is 5.91 Å². The van der Waals surface area contributed by atoms with Crippen LogP contribution in [0.2, 0.25) is 0 Å². The van der Waals surface area contributed by atoms with Gasteiger partial charge in [0.25, 0.3) is 0 Å². The van der Waals surface area contributed by atoms with Crippen LogP contribution in [0.15, 0.2) is 42.6 Å². The van der Waals surface area contributed by atoms with E-state index in [1.165, 1.54) is 12.1 Å². The minimum absolute atomic E-state index is 0.153. The summed E-state index contributed by atoms with van der Waals surface area (Å²) in [5.41, 5.74) is 6.76. The summed E-state index contributed by atoms with van der Waals surface area (Å²) < 4.78 is 12.8. The fraction of sp³-hybridized carbons (Fsp3) is 0.125. The number of nitrogens with one attached hydrogen (secondary N) is 1. The average molecular weight is 283 g/mol. The lowest BCUT2D eigenvalue weighted by molar-refractivity contribution is -0.115. The third-order valence-corrected chi connectivity index (χ3v) is 2.64. The van der Waals surface area contributed by atoms with Gasteiger partial charge in [-0.3, -0.25) is 4.79 Å². The van der Waals surface area contributed by atoms with E-state index in [0.29, 0.717) is 5.82 Å². The summed E-state index contributed by atoms with van der Waals surface area (Å²) in [4.78, 5) is 15.9. The lowest BCUT2D eigenvalue weighted by atomic mass is 10.1. The monoisotopic (exact) mass is 283 g/mol. The molecule has 0 aliphatic carbocycles. The van der Waals surface area contributed by atoms with Crippen LogP contribution in [0, 0.1) is 17.7 Å². The number of hydrogen-bond donors (Lipinski definition) is 2. The van der Waals surface area contributed by atoms with Crippen molar-refractivity contribution >= 4 is 11.7 Å². The lowest BCUT2D eigenvalue weighted by Crippen LogP contribution is -2.15. The molecule has 0 radical (unpaired) electrons. The normalized spacial score (nSPS) is 9.62. The Labute approximate surface area is 122 Å². The topological polar surface area (TPSA) is 68.0 Å². The highest BCUT2D eigenvalue weighted by Gasteiger charge is 2.05. The molecule has 1 aromatic heterocycles. The fourth-order valence-electron chi connectivity index (χ4n) is 1.70. The highest BCUT2D eigenvalue weighted by molar-refractivity contribution is 5.91. The quantitative estimate of drug-likeness (QED) is 0.843. The molecule has 3 N–H and O–H groups in total. The van der Waals surface area contributed by atoms with Crippen LogP contribution in [-0.2, 0) is 11.2 Å². The van der Waals surface area contributed by atoms with Gasteiger partial charge in [0, 0.05) is 11.8 Å². The highest BCUT2D eigenvalue weighted by atomic mass is 19.1. The Balaban J connectivity index is 2.00. The number of hydrogen-bond acceptors (Lipinski definition) is 3. The Morgan fingerprint density at radius 3 is 2.76 bits per heavy atom. The molecular formula is C16H14FN3O. The predicted molar refractivity (Wildman–Crippen MR) is 78.9 cm³/mol. The van der Waals surface area contributed by atoms with Crippen molar-refractivity contribution in [2.45, 2.75) is 6.42 Å². The van der Waals surface area contributed by atoms with Crippen LogP contribution in [0.5, 0.6) is 0 Å². The zero-order chi connectivity index (χ0) is 15.1. The number of carbonyl (C=O) groups excluding carboxylic acids is 1. The second kappa shape index (κ2) is 7.17. The van der Waals surface area contributed by atoms with Crippen LogP contribution in [0.1, 0.15) is 11.1 Å². The molecule has 0 saturated heterocycles. The Bertz CT molecular complexity index is 687. The molecule has 0 spiro atoms. The van der Waals surface area contributed by atoms with Crippen LogP contribution in [-0.4, -0.2) is 17.4 Å². The van der Waals surface area contributed by atoms with Gasteiger partial charge in [-0.05, 0) is 29.8 Å². The van der Waals surface area contributed by atoms with Crippen LogP contribution < -0.4 is 11.1 Å². The molecular weight excluding hydrogens is 269 g/mol. The number of rotatable bonds is 3. The molecule has 0 fully saturated rings. The maximum absolute atomic E-state index is 12.8. The van der Waals surface area contributed by atoms with Gasteiger partial charge in [-0.25, -0.2) is 9.37 Å². The minimum atomic E-state index is -0.327. The minimum Gasteiger partial charge on any atom is -0.320 e. The molecule has 2 rings (SSSR count). The third-order valence-electron chi connectivity index (χ3n) is 2.64. The molecule has 0 unspecified atom stereocenters. The van der Waals surface area contributed by atoms with E-state index in [9.17, 15) is 9.18 Å². The summed E-state index contributed by atoms with van der Waals surface area (Å²) in [6.07, 6.45) is 1.72. The van der Waals surface area contributed by atoms with E-state index in [2.05, 4.69) is 22.1 Å². The number of benzene rings is 1. The van der Waals surface area contributed by atoms with Gasteiger partial charge in [0.1, 0.15) is 11.6 Å². The predicted octanol–water partition coefficient (Wildman–Crippen LogP) is 1.71. The number of nitrogens with zero attached hydrogens (tertiary/aromatic N) is 1. The van der Waals surface area contributed by atoms with Gasteiger partial charge in [-0.1, -0.05) is 24.0 Å². The summed E-state index contributed by atoms with van der Waals surface area (Å²) in [7, 11) is 0. The van der Waals surface area contributed by atoms with Crippen LogP contribution >= 0.6 is 0 Å². The van der Waals surface area contributed by atoms with E-state index in [0.717, 1.165) is 11.1 Å². The zero-order valence-electron chi connectivity index (χ0n) is 11.3. The summed E-state index contributed by atoms with van der Waals surface area (Å²) in [6, 6.07) is 9.20. The summed E-state index contributed by atoms with van der Waals surface area (Å²) in [5.74, 6) is 5.47. The Kier molecular flexibility index (Phi) is 5.02. The second-order valence-corrected chi connectivity index (χ2v) is 4.29. The first kappa shape index (κ1) is 14.7. The number of halogens is 1. The summed E-state index contributed by atoms with van der Waals surface area (Å²) in [5, 5.41) is 2.68. The standard InChI is InChI=1S/C16H14FN3O/c17-14-5-3-13(4-6-14)11-16(21)20-15-10-12(2-1-8-18)7-9-19-15/h3-7,9-10H,8,11,18H2,(H,19,20,21). The number of anilines is 1. The van der Waals surface area contributed by atoms with Gasteiger partial charge in [0.15, 0.2) is 0 Å². The molecule has 1 amide bonds. The molecule has 1 aromatic carbocycles. The molecule has 0 atom stereocenters. The molecule has 106 valence electrons. The number of amides is 1. The molecule has 0 aliphatic heterocycles. The maximum Gasteiger partial charge on any atom is 0.229 e. The number of nitrogens with two attached hydrogens (primary N) is 1. The Hall–Kier alpha value is -2.71. The van der Waals surface area contributed by atoms with Crippen LogP contribution in [0.3, 0.4) is 0 Å². The highest BCUT2D eigenvalue weighted by Crippen LogP contribution is 2.08. The van der Waals surface area contributed by atoms with Crippen molar-refractivity contribution in [3.05, 3.63) is 59.5 Å². The molecule has 21 heavy (non-hydrogen) atoms. The Morgan fingerprint density at radius 2 is 2.05 bits per heavy atom. The SMILES string of the molecule is NCC#Cc1ccnc(NC(=O)Cc2ccc(F)cc2)c1. The van der Waals surface area contributed by atoms with Gasteiger partial charge < -0.3 is 11.1 Å². The summed E-state index contributed by atoms with van der Waals surface area (Å²) in [6.45, 7) is 0.272. The number of pyridine rings is 1. The molecule has 1 heterocycles. The van der Waals surface area contributed by atoms with E-state index < -0.39 is 0 Å². The fourth-order valence-corrected chi connectivity index (χ4v) is 1.70. The van der Waals surface area contributed by atoms with Gasteiger partial charge in [-0.15, -0.1) is 0 Å². The molecule has 0 bridgehead atoms. The Morgan fingerprint density at radius 1 is 1.29 bits per heavy atom. The van der Waals surface area contributed by atoms with Crippen molar-refractivity contribution in [1.82, 2.24) is 4.98 Å². The van der Waals surface area contributed by atoms with Gasteiger partial charge in [0.05, 0.1) is 13.0 Å². The number of aromatic nitrogens is 1. The maximum atomic E-state index is 12.8. The molecule has 0 aliphatic rings. The molecule has 5 heteroatoms. The summed E-state index contributed by atoms with van der Waals surface area (Å²) >= 11 is 0. The molecule has 0 saturated carbocycles.